The minimum Gasteiger partial charge on any atom is -0.324 e. The van der Waals surface area contributed by atoms with Gasteiger partial charge in [-0.3, -0.25) is 0 Å². The largest absolute Gasteiger partial charge is 0.324 e. The summed E-state index contributed by atoms with van der Waals surface area (Å²) in [5.41, 5.74) is 5.95. The zero-order valence-corrected chi connectivity index (χ0v) is 7.00. The van der Waals surface area contributed by atoms with Gasteiger partial charge in [-0.2, -0.15) is 0 Å². The van der Waals surface area contributed by atoms with Crippen molar-refractivity contribution in [1.82, 2.24) is 0 Å². The van der Waals surface area contributed by atoms with Gasteiger partial charge in [0.05, 0.1) is 0 Å². The van der Waals surface area contributed by atoms with Crippen molar-refractivity contribution in [3.8, 4) is 0 Å². The molecule has 1 heteroatoms. The van der Waals surface area contributed by atoms with E-state index in [-0.39, 0.29) is 6.04 Å². The van der Waals surface area contributed by atoms with Gasteiger partial charge in [0.1, 0.15) is 0 Å². The summed E-state index contributed by atoms with van der Waals surface area (Å²) < 4.78 is 0. The maximum absolute atomic E-state index is 5.95. The molecule has 0 spiro atoms. The molecule has 1 nitrogen and oxygen atoms in total. The quantitative estimate of drug-likeness (QED) is 0.600. The molecule has 62 valence electrons. The lowest BCUT2D eigenvalue weighted by atomic mass is 9.84. The van der Waals surface area contributed by atoms with E-state index in [2.05, 4.69) is 6.58 Å². The normalized spacial score (nSPS) is 44.3. The molecule has 2 aliphatic carbocycles. The van der Waals surface area contributed by atoms with Crippen molar-refractivity contribution in [2.24, 2.45) is 23.5 Å². The first kappa shape index (κ1) is 7.35. The fourth-order valence-electron chi connectivity index (χ4n) is 2.94. The highest BCUT2D eigenvalue weighted by Gasteiger charge is 2.41. The second-order valence-electron chi connectivity index (χ2n) is 4.15. The molecule has 2 bridgehead atoms. The summed E-state index contributed by atoms with van der Waals surface area (Å²) >= 11 is 0. The minimum absolute atomic E-state index is 0.269. The van der Waals surface area contributed by atoms with Crippen LogP contribution in [0.15, 0.2) is 12.7 Å². The van der Waals surface area contributed by atoms with Crippen LogP contribution in [-0.4, -0.2) is 6.04 Å². The molecule has 11 heavy (non-hydrogen) atoms. The van der Waals surface area contributed by atoms with Gasteiger partial charge in [-0.05, 0) is 37.0 Å². The summed E-state index contributed by atoms with van der Waals surface area (Å²) in [7, 11) is 0. The van der Waals surface area contributed by atoms with Crippen LogP contribution in [0.1, 0.15) is 25.7 Å². The Balaban J connectivity index is 2.01. The molecule has 0 radical (unpaired) electrons. The zero-order chi connectivity index (χ0) is 7.84. The summed E-state index contributed by atoms with van der Waals surface area (Å²) in [4.78, 5) is 0. The van der Waals surface area contributed by atoms with Crippen LogP contribution in [0.3, 0.4) is 0 Å². The zero-order valence-electron chi connectivity index (χ0n) is 7.00. The van der Waals surface area contributed by atoms with E-state index >= 15 is 0 Å². The highest BCUT2D eigenvalue weighted by atomic mass is 14.7. The monoisotopic (exact) mass is 151 g/mol. The van der Waals surface area contributed by atoms with Crippen LogP contribution >= 0.6 is 0 Å². The average Bonchev–Trinajstić information content (AvgIpc) is 2.62. The molecule has 0 heterocycles. The summed E-state index contributed by atoms with van der Waals surface area (Å²) in [5, 5.41) is 0. The van der Waals surface area contributed by atoms with E-state index in [1.54, 1.807) is 0 Å². The van der Waals surface area contributed by atoms with Crippen molar-refractivity contribution in [2.45, 2.75) is 31.7 Å². The molecule has 2 N–H and O–H groups in total. The van der Waals surface area contributed by atoms with Gasteiger partial charge >= 0.3 is 0 Å². The van der Waals surface area contributed by atoms with Gasteiger partial charge in [-0.1, -0.05) is 12.5 Å². The number of rotatable bonds is 2. The van der Waals surface area contributed by atoms with Gasteiger partial charge in [-0.25, -0.2) is 0 Å². The van der Waals surface area contributed by atoms with Gasteiger partial charge in [0, 0.05) is 6.04 Å². The number of hydrogen-bond donors (Lipinski definition) is 1. The first-order valence-corrected chi connectivity index (χ1v) is 4.69. The summed E-state index contributed by atoms with van der Waals surface area (Å²) in [6.45, 7) is 3.76. The molecule has 4 atom stereocenters. The molecule has 2 fully saturated rings. The van der Waals surface area contributed by atoms with Crippen LogP contribution in [0.2, 0.25) is 0 Å². The average molecular weight is 151 g/mol. The Hall–Kier alpha value is -0.300. The van der Waals surface area contributed by atoms with Gasteiger partial charge in [-0.15, -0.1) is 6.58 Å². The van der Waals surface area contributed by atoms with Crippen LogP contribution < -0.4 is 5.73 Å². The van der Waals surface area contributed by atoms with Crippen molar-refractivity contribution in [3.63, 3.8) is 0 Å². The van der Waals surface area contributed by atoms with E-state index in [0.29, 0.717) is 0 Å². The molecule has 2 aliphatic rings. The first-order valence-electron chi connectivity index (χ1n) is 4.69. The number of fused-ring (bicyclic) bond motifs is 2. The first-order chi connectivity index (χ1) is 5.31. The van der Waals surface area contributed by atoms with Crippen molar-refractivity contribution in [3.05, 3.63) is 12.7 Å². The van der Waals surface area contributed by atoms with Crippen LogP contribution in [0.5, 0.6) is 0 Å². The minimum atomic E-state index is 0.269. The predicted molar refractivity (Wildman–Crippen MR) is 47.1 cm³/mol. The fraction of sp³-hybridized carbons (Fsp3) is 0.800. The standard InChI is InChI=1S/C10H17N/c1-2-10(11)9-6-7-3-4-8(9)5-7/h2,7-10H,1,3-6,11H2. The third kappa shape index (κ3) is 1.12. The van der Waals surface area contributed by atoms with E-state index in [1.807, 2.05) is 6.08 Å². The van der Waals surface area contributed by atoms with E-state index in [4.69, 9.17) is 5.73 Å². The van der Waals surface area contributed by atoms with Crippen LogP contribution in [-0.2, 0) is 0 Å². The molecular weight excluding hydrogens is 134 g/mol. The van der Waals surface area contributed by atoms with Crippen LogP contribution in [0, 0.1) is 17.8 Å². The number of nitrogens with two attached hydrogens (primary N) is 1. The Morgan fingerprint density at radius 1 is 1.36 bits per heavy atom. The third-order valence-electron chi connectivity index (χ3n) is 3.56. The van der Waals surface area contributed by atoms with E-state index in [0.717, 1.165) is 17.8 Å². The maximum Gasteiger partial charge on any atom is 0.0252 e. The lowest BCUT2D eigenvalue weighted by Gasteiger charge is -2.25. The molecule has 0 aliphatic heterocycles. The lowest BCUT2D eigenvalue weighted by Crippen LogP contribution is -2.31. The molecule has 0 amide bonds. The second-order valence-corrected chi connectivity index (χ2v) is 4.15. The molecule has 0 aromatic rings. The van der Waals surface area contributed by atoms with E-state index in [1.165, 1.54) is 25.7 Å². The van der Waals surface area contributed by atoms with Crippen molar-refractivity contribution in [2.75, 3.05) is 0 Å². The van der Waals surface area contributed by atoms with Gasteiger partial charge in [0.25, 0.3) is 0 Å². The van der Waals surface area contributed by atoms with Crippen molar-refractivity contribution >= 4 is 0 Å². The molecule has 2 saturated carbocycles. The third-order valence-corrected chi connectivity index (χ3v) is 3.56. The van der Waals surface area contributed by atoms with Crippen molar-refractivity contribution in [1.29, 1.82) is 0 Å². The Morgan fingerprint density at radius 2 is 2.18 bits per heavy atom. The Kier molecular flexibility index (Phi) is 1.76. The van der Waals surface area contributed by atoms with Crippen molar-refractivity contribution < 1.29 is 0 Å². The lowest BCUT2D eigenvalue weighted by molar-refractivity contribution is 0.308. The molecule has 0 aromatic carbocycles. The smallest absolute Gasteiger partial charge is 0.0252 e. The Labute approximate surface area is 68.7 Å². The summed E-state index contributed by atoms with van der Waals surface area (Å²) in [6, 6.07) is 0.269. The fourth-order valence-corrected chi connectivity index (χ4v) is 2.94. The summed E-state index contributed by atoms with van der Waals surface area (Å²) in [5.74, 6) is 2.72. The topological polar surface area (TPSA) is 26.0 Å². The molecule has 0 saturated heterocycles. The maximum atomic E-state index is 5.95. The highest BCUT2D eigenvalue weighted by molar-refractivity contribution is 4.99. The second kappa shape index (κ2) is 2.63. The van der Waals surface area contributed by atoms with Crippen LogP contribution in [0.25, 0.3) is 0 Å². The molecule has 2 rings (SSSR count). The van der Waals surface area contributed by atoms with E-state index < -0.39 is 0 Å². The molecular formula is C10H17N. The van der Waals surface area contributed by atoms with E-state index in [9.17, 15) is 0 Å². The Morgan fingerprint density at radius 3 is 2.64 bits per heavy atom. The molecule has 4 unspecified atom stereocenters. The van der Waals surface area contributed by atoms with Gasteiger partial charge in [0.15, 0.2) is 0 Å². The number of hydrogen-bond acceptors (Lipinski definition) is 1. The van der Waals surface area contributed by atoms with Crippen LogP contribution in [0.4, 0.5) is 0 Å². The predicted octanol–water partition coefficient (Wildman–Crippen LogP) is 1.94. The SMILES string of the molecule is C=CC(N)C1CC2CCC1C2. The van der Waals surface area contributed by atoms with Gasteiger partial charge in [0.2, 0.25) is 0 Å². The Bertz CT molecular complexity index is 164. The molecule has 0 aromatic heterocycles. The van der Waals surface area contributed by atoms with Gasteiger partial charge < -0.3 is 5.73 Å². The highest BCUT2D eigenvalue weighted by Crippen LogP contribution is 2.49. The summed E-state index contributed by atoms with van der Waals surface area (Å²) in [6.07, 6.45) is 7.64.